The highest BCUT2D eigenvalue weighted by molar-refractivity contribution is 7.07. The van der Waals surface area contributed by atoms with Crippen molar-refractivity contribution in [1.29, 1.82) is 0 Å². The molecule has 0 radical (unpaired) electrons. The lowest BCUT2D eigenvalue weighted by molar-refractivity contribution is -0.385. The molecule has 40 heavy (non-hydrogen) atoms. The number of unbranched alkanes of at least 4 members (excludes halogenated alkanes) is 1. The van der Waals surface area contributed by atoms with Crippen molar-refractivity contribution in [2.75, 3.05) is 13.2 Å². The van der Waals surface area contributed by atoms with E-state index < -0.39 is 16.9 Å². The standard InChI is InChI=1S/C29H31N3O7S/c1-5-8-14-24-27(33)31-18(4)25(28(34)38-7-3)26(30-29(31)40-24)20-15-22(37-6-2)23(16-21(20)32(35)36)39-17-19-12-10-9-11-13-19/h9-16,26H,5-8,17H2,1-4H3/b24-14-/t26-/m0/s1. The molecule has 0 N–H and O–H groups in total. The van der Waals surface area contributed by atoms with Gasteiger partial charge in [0.15, 0.2) is 16.3 Å². The lowest BCUT2D eigenvalue weighted by atomic mass is 9.94. The Morgan fingerprint density at radius 1 is 1.12 bits per heavy atom. The first-order valence-corrected chi connectivity index (χ1v) is 13.9. The maximum atomic E-state index is 13.2. The minimum absolute atomic E-state index is 0.0554. The molecule has 11 heteroatoms. The van der Waals surface area contributed by atoms with Crippen molar-refractivity contribution < 1.29 is 23.9 Å². The lowest BCUT2D eigenvalue weighted by Gasteiger charge is -2.23. The molecule has 0 saturated heterocycles. The van der Waals surface area contributed by atoms with Crippen LogP contribution in [0.1, 0.15) is 57.7 Å². The van der Waals surface area contributed by atoms with E-state index in [1.807, 2.05) is 43.3 Å². The molecule has 2 aromatic carbocycles. The molecular formula is C29H31N3O7S. The Kier molecular flexibility index (Phi) is 9.15. The molecule has 0 saturated carbocycles. The fraction of sp³-hybridized carbons (Fsp3) is 0.345. The molecule has 3 aromatic rings. The number of ether oxygens (including phenoxy) is 3. The second-order valence-corrected chi connectivity index (χ2v) is 9.96. The first kappa shape index (κ1) is 28.8. The SMILES string of the molecule is CCC/C=c1\sc2n(c1=O)C(C)=C(C(=O)OCC)[C@H](c1cc(OCC)c(OCc3ccccc3)cc1[N+](=O)[O-])N=2. The van der Waals surface area contributed by atoms with Gasteiger partial charge >= 0.3 is 5.97 Å². The molecular weight excluding hydrogens is 534 g/mol. The molecule has 1 aromatic heterocycles. The van der Waals surface area contributed by atoms with Gasteiger partial charge in [0, 0.05) is 5.70 Å². The molecule has 1 aliphatic rings. The average molecular weight is 566 g/mol. The minimum Gasteiger partial charge on any atom is -0.490 e. The third-order valence-electron chi connectivity index (χ3n) is 6.28. The monoisotopic (exact) mass is 565 g/mol. The van der Waals surface area contributed by atoms with Gasteiger partial charge in [-0.05, 0) is 38.8 Å². The third kappa shape index (κ3) is 5.84. The summed E-state index contributed by atoms with van der Waals surface area (Å²) in [5, 5.41) is 12.3. The third-order valence-corrected chi connectivity index (χ3v) is 7.31. The van der Waals surface area contributed by atoms with E-state index in [1.165, 1.54) is 28.0 Å². The van der Waals surface area contributed by atoms with Gasteiger partial charge in [-0.15, -0.1) is 0 Å². The van der Waals surface area contributed by atoms with Crippen LogP contribution in [-0.2, 0) is 16.1 Å². The van der Waals surface area contributed by atoms with Crippen molar-refractivity contribution in [1.82, 2.24) is 4.57 Å². The van der Waals surface area contributed by atoms with Crippen LogP contribution in [0.3, 0.4) is 0 Å². The zero-order chi connectivity index (χ0) is 28.8. The summed E-state index contributed by atoms with van der Waals surface area (Å²) in [6.45, 7) is 7.63. The molecule has 1 atom stereocenters. The number of carbonyl (C=O) groups is 1. The summed E-state index contributed by atoms with van der Waals surface area (Å²) in [5.41, 5.74) is 0.814. The second kappa shape index (κ2) is 12.7. The molecule has 0 fully saturated rings. The van der Waals surface area contributed by atoms with E-state index in [-0.39, 0.29) is 53.7 Å². The van der Waals surface area contributed by atoms with E-state index in [9.17, 15) is 19.7 Å². The van der Waals surface area contributed by atoms with Crippen LogP contribution in [0, 0.1) is 10.1 Å². The lowest BCUT2D eigenvalue weighted by Crippen LogP contribution is -2.35. The number of fused-ring (bicyclic) bond motifs is 1. The molecule has 10 nitrogen and oxygen atoms in total. The Morgan fingerprint density at radius 2 is 1.85 bits per heavy atom. The van der Waals surface area contributed by atoms with Crippen molar-refractivity contribution in [2.24, 2.45) is 4.99 Å². The van der Waals surface area contributed by atoms with E-state index in [0.29, 0.717) is 21.5 Å². The average Bonchev–Trinajstić information content (AvgIpc) is 3.26. The number of carbonyl (C=O) groups excluding carboxylic acids is 1. The predicted octanol–water partition coefficient (Wildman–Crippen LogP) is 4.54. The Bertz CT molecular complexity index is 1620. The van der Waals surface area contributed by atoms with Crippen LogP contribution >= 0.6 is 11.3 Å². The highest BCUT2D eigenvalue weighted by Gasteiger charge is 2.36. The van der Waals surface area contributed by atoms with Crippen LogP contribution in [0.5, 0.6) is 11.5 Å². The van der Waals surface area contributed by atoms with Crippen molar-refractivity contribution in [3.8, 4) is 11.5 Å². The van der Waals surface area contributed by atoms with E-state index in [0.717, 1.165) is 12.0 Å². The Hall–Kier alpha value is -4.25. The fourth-order valence-corrected chi connectivity index (χ4v) is 5.46. The second-order valence-electron chi connectivity index (χ2n) is 8.96. The zero-order valence-corrected chi connectivity index (χ0v) is 23.7. The number of allylic oxidation sites excluding steroid dienone is 1. The van der Waals surface area contributed by atoms with Gasteiger partial charge in [-0.3, -0.25) is 19.5 Å². The van der Waals surface area contributed by atoms with Gasteiger partial charge in [0.25, 0.3) is 11.2 Å². The number of esters is 1. The molecule has 1 aliphatic heterocycles. The van der Waals surface area contributed by atoms with Crippen LogP contribution in [-0.4, -0.2) is 28.7 Å². The van der Waals surface area contributed by atoms with Crippen LogP contribution < -0.4 is 24.4 Å². The molecule has 4 rings (SSSR count). The molecule has 0 aliphatic carbocycles. The molecule has 210 valence electrons. The van der Waals surface area contributed by atoms with Gasteiger partial charge in [-0.2, -0.15) is 0 Å². The number of thiazole rings is 1. The molecule has 0 spiro atoms. The maximum absolute atomic E-state index is 13.2. The van der Waals surface area contributed by atoms with Crippen molar-refractivity contribution >= 4 is 34.8 Å². The quantitative estimate of drug-likeness (QED) is 0.190. The summed E-state index contributed by atoms with van der Waals surface area (Å²) in [6.07, 6.45) is 3.41. The molecule has 0 bridgehead atoms. The number of hydrogen-bond acceptors (Lipinski definition) is 9. The molecule has 0 amide bonds. The topological polar surface area (TPSA) is 122 Å². The smallest absolute Gasteiger partial charge is 0.338 e. The van der Waals surface area contributed by atoms with E-state index in [2.05, 4.69) is 0 Å². The van der Waals surface area contributed by atoms with Crippen molar-refractivity contribution in [2.45, 2.75) is 53.2 Å². The highest BCUT2D eigenvalue weighted by atomic mass is 32.1. The Balaban J connectivity index is 1.92. The summed E-state index contributed by atoms with van der Waals surface area (Å²) in [7, 11) is 0. The van der Waals surface area contributed by atoms with Gasteiger partial charge in [-0.25, -0.2) is 9.79 Å². The highest BCUT2D eigenvalue weighted by Crippen LogP contribution is 2.43. The van der Waals surface area contributed by atoms with Crippen LogP contribution in [0.25, 0.3) is 11.8 Å². The summed E-state index contributed by atoms with van der Waals surface area (Å²) >= 11 is 1.18. The van der Waals surface area contributed by atoms with Crippen molar-refractivity contribution in [3.63, 3.8) is 0 Å². The number of hydrogen-bond donors (Lipinski definition) is 0. The summed E-state index contributed by atoms with van der Waals surface area (Å²) in [5.74, 6) is -0.228. The van der Waals surface area contributed by atoms with Crippen LogP contribution in [0.2, 0.25) is 0 Å². The minimum atomic E-state index is -1.10. The summed E-state index contributed by atoms with van der Waals surface area (Å²) in [6, 6.07) is 11.1. The van der Waals surface area contributed by atoms with Gasteiger partial charge in [0.05, 0.1) is 39.9 Å². The maximum Gasteiger partial charge on any atom is 0.338 e. The van der Waals surface area contributed by atoms with Gasteiger partial charge < -0.3 is 14.2 Å². The first-order valence-electron chi connectivity index (χ1n) is 13.1. The van der Waals surface area contributed by atoms with Crippen molar-refractivity contribution in [3.05, 3.63) is 89.0 Å². The van der Waals surface area contributed by atoms with E-state index in [1.54, 1.807) is 20.8 Å². The Morgan fingerprint density at radius 3 is 2.50 bits per heavy atom. The first-order chi connectivity index (χ1) is 19.3. The number of nitrogens with zero attached hydrogens (tertiary/aromatic N) is 3. The number of benzene rings is 2. The number of nitro benzene ring substituents is 1. The summed E-state index contributed by atoms with van der Waals surface area (Å²) in [4.78, 5) is 43.3. The number of nitro groups is 1. The van der Waals surface area contributed by atoms with Gasteiger partial charge in [0.1, 0.15) is 12.6 Å². The molecule has 0 unspecified atom stereocenters. The number of rotatable bonds is 11. The normalized spacial score (nSPS) is 14.9. The fourth-order valence-electron chi connectivity index (χ4n) is 4.41. The van der Waals surface area contributed by atoms with Gasteiger partial charge in [0.2, 0.25) is 0 Å². The molecule has 2 heterocycles. The van der Waals surface area contributed by atoms with Crippen LogP contribution in [0.15, 0.2) is 57.8 Å². The Labute approximate surface area is 235 Å². The summed E-state index contributed by atoms with van der Waals surface area (Å²) < 4.78 is 19.0. The van der Waals surface area contributed by atoms with E-state index in [4.69, 9.17) is 19.2 Å². The van der Waals surface area contributed by atoms with E-state index >= 15 is 0 Å². The predicted molar refractivity (Wildman–Crippen MR) is 152 cm³/mol. The van der Waals surface area contributed by atoms with Crippen LogP contribution in [0.4, 0.5) is 5.69 Å². The van der Waals surface area contributed by atoms with Gasteiger partial charge in [-0.1, -0.05) is 61.1 Å². The zero-order valence-electron chi connectivity index (χ0n) is 22.8. The largest absolute Gasteiger partial charge is 0.490 e. The number of aromatic nitrogens is 1.